The van der Waals surface area contributed by atoms with Crippen molar-refractivity contribution >= 4 is 22.9 Å². The molecule has 0 fully saturated rings. The van der Waals surface area contributed by atoms with Crippen LogP contribution in [0.3, 0.4) is 0 Å². The Labute approximate surface area is 138 Å². The SMILES string of the molecule is Cc1ccsc1CN(C)Cc1nc(-c2ccccc2Cl)no1. The summed E-state index contributed by atoms with van der Waals surface area (Å²) in [5, 5.41) is 6.75. The zero-order valence-corrected chi connectivity index (χ0v) is 14.0. The lowest BCUT2D eigenvalue weighted by Gasteiger charge is -2.13. The van der Waals surface area contributed by atoms with Gasteiger partial charge in [-0.2, -0.15) is 4.98 Å². The summed E-state index contributed by atoms with van der Waals surface area (Å²) in [5.41, 5.74) is 2.11. The molecular weight excluding hydrogens is 318 g/mol. The maximum Gasteiger partial charge on any atom is 0.241 e. The summed E-state index contributed by atoms with van der Waals surface area (Å²) >= 11 is 7.92. The van der Waals surface area contributed by atoms with Crippen LogP contribution < -0.4 is 0 Å². The Bertz CT molecular complexity index is 768. The van der Waals surface area contributed by atoms with Crippen molar-refractivity contribution < 1.29 is 4.52 Å². The summed E-state index contributed by atoms with van der Waals surface area (Å²) in [6.07, 6.45) is 0. The topological polar surface area (TPSA) is 42.2 Å². The van der Waals surface area contributed by atoms with E-state index in [4.69, 9.17) is 16.1 Å². The van der Waals surface area contributed by atoms with Crippen molar-refractivity contribution in [2.45, 2.75) is 20.0 Å². The van der Waals surface area contributed by atoms with Crippen molar-refractivity contribution in [1.29, 1.82) is 0 Å². The van der Waals surface area contributed by atoms with Crippen LogP contribution in [0.4, 0.5) is 0 Å². The minimum absolute atomic E-state index is 0.529. The Morgan fingerprint density at radius 2 is 2.05 bits per heavy atom. The lowest BCUT2D eigenvalue weighted by Crippen LogP contribution is -2.17. The van der Waals surface area contributed by atoms with Gasteiger partial charge in [-0.05, 0) is 43.1 Å². The number of halogens is 1. The lowest BCUT2D eigenvalue weighted by atomic mass is 10.2. The van der Waals surface area contributed by atoms with Crippen molar-refractivity contribution in [3.8, 4) is 11.4 Å². The van der Waals surface area contributed by atoms with Gasteiger partial charge >= 0.3 is 0 Å². The number of thiophene rings is 1. The van der Waals surface area contributed by atoms with Crippen molar-refractivity contribution in [1.82, 2.24) is 15.0 Å². The zero-order valence-electron chi connectivity index (χ0n) is 12.4. The first-order valence-electron chi connectivity index (χ1n) is 6.92. The molecule has 0 aliphatic rings. The predicted molar refractivity (Wildman–Crippen MR) is 89.0 cm³/mol. The van der Waals surface area contributed by atoms with E-state index in [0.717, 1.165) is 12.1 Å². The first-order valence-corrected chi connectivity index (χ1v) is 8.18. The van der Waals surface area contributed by atoms with Gasteiger partial charge in [-0.3, -0.25) is 4.90 Å². The molecule has 1 aromatic carbocycles. The second-order valence-electron chi connectivity index (χ2n) is 5.19. The third kappa shape index (κ3) is 3.38. The molecule has 0 N–H and O–H groups in total. The molecule has 3 rings (SSSR count). The maximum atomic E-state index is 6.16. The molecule has 2 heterocycles. The molecule has 0 amide bonds. The average Bonchev–Trinajstić information content (AvgIpc) is 3.10. The Morgan fingerprint density at radius 3 is 2.77 bits per heavy atom. The van der Waals surface area contributed by atoms with Crippen molar-refractivity contribution in [2.75, 3.05) is 7.05 Å². The monoisotopic (exact) mass is 333 g/mol. The van der Waals surface area contributed by atoms with Crippen LogP contribution in [0.2, 0.25) is 5.02 Å². The van der Waals surface area contributed by atoms with E-state index in [0.29, 0.717) is 23.3 Å². The number of rotatable bonds is 5. The second kappa shape index (κ2) is 6.60. The molecule has 0 saturated carbocycles. The number of nitrogens with zero attached hydrogens (tertiary/aromatic N) is 3. The summed E-state index contributed by atoms with van der Waals surface area (Å²) in [5.74, 6) is 1.12. The molecule has 4 nitrogen and oxygen atoms in total. The van der Waals surface area contributed by atoms with Crippen molar-refractivity contribution in [2.24, 2.45) is 0 Å². The minimum Gasteiger partial charge on any atom is -0.338 e. The van der Waals surface area contributed by atoms with Gasteiger partial charge in [0.05, 0.1) is 11.6 Å². The quantitative estimate of drug-likeness (QED) is 0.694. The molecule has 0 bridgehead atoms. The fraction of sp³-hybridized carbons (Fsp3) is 0.250. The molecule has 0 saturated heterocycles. The molecular formula is C16H16ClN3OS. The van der Waals surface area contributed by atoms with Gasteiger partial charge in [-0.25, -0.2) is 0 Å². The van der Waals surface area contributed by atoms with Gasteiger partial charge in [0, 0.05) is 17.0 Å². The van der Waals surface area contributed by atoms with Crippen LogP contribution in [0.5, 0.6) is 0 Å². The first kappa shape index (κ1) is 15.2. The molecule has 3 aromatic rings. The van der Waals surface area contributed by atoms with Crippen molar-refractivity contribution in [3.05, 3.63) is 57.1 Å². The third-order valence-electron chi connectivity index (χ3n) is 3.37. The number of aryl methyl sites for hydroxylation is 1. The number of hydrogen-bond donors (Lipinski definition) is 0. The number of benzene rings is 1. The summed E-state index contributed by atoms with van der Waals surface area (Å²) < 4.78 is 5.34. The number of aromatic nitrogens is 2. The largest absolute Gasteiger partial charge is 0.338 e. The molecule has 0 aliphatic carbocycles. The lowest BCUT2D eigenvalue weighted by molar-refractivity contribution is 0.262. The van der Waals surface area contributed by atoms with Crippen LogP contribution in [-0.2, 0) is 13.1 Å². The number of hydrogen-bond acceptors (Lipinski definition) is 5. The van der Waals surface area contributed by atoms with E-state index >= 15 is 0 Å². The van der Waals surface area contributed by atoms with Crippen LogP contribution >= 0.6 is 22.9 Å². The highest BCUT2D eigenvalue weighted by atomic mass is 35.5. The van der Waals surface area contributed by atoms with Gasteiger partial charge in [-0.1, -0.05) is 28.9 Å². The minimum atomic E-state index is 0.529. The van der Waals surface area contributed by atoms with Gasteiger partial charge in [0.25, 0.3) is 0 Å². The Hall–Kier alpha value is -1.69. The van der Waals surface area contributed by atoms with Gasteiger partial charge in [-0.15, -0.1) is 11.3 Å². The van der Waals surface area contributed by atoms with E-state index in [1.54, 1.807) is 11.3 Å². The highest BCUT2D eigenvalue weighted by Crippen LogP contribution is 2.25. The molecule has 0 spiro atoms. The smallest absolute Gasteiger partial charge is 0.241 e. The second-order valence-corrected chi connectivity index (χ2v) is 6.60. The zero-order chi connectivity index (χ0) is 15.5. The molecule has 0 atom stereocenters. The summed E-state index contributed by atoms with van der Waals surface area (Å²) in [4.78, 5) is 7.94. The Balaban J connectivity index is 1.69. The van der Waals surface area contributed by atoms with E-state index in [1.807, 2.05) is 31.3 Å². The summed E-state index contributed by atoms with van der Waals surface area (Å²) in [6.45, 7) is 3.60. The van der Waals surface area contributed by atoms with E-state index in [2.05, 4.69) is 33.4 Å². The molecule has 22 heavy (non-hydrogen) atoms. The summed E-state index contributed by atoms with van der Waals surface area (Å²) in [6, 6.07) is 9.62. The van der Waals surface area contributed by atoms with Crippen LogP contribution in [0, 0.1) is 6.92 Å². The van der Waals surface area contributed by atoms with Crippen LogP contribution in [0.25, 0.3) is 11.4 Å². The fourth-order valence-electron chi connectivity index (χ4n) is 2.17. The molecule has 0 aliphatic heterocycles. The van der Waals surface area contributed by atoms with Crippen LogP contribution in [0.15, 0.2) is 40.2 Å². The molecule has 0 radical (unpaired) electrons. The van der Waals surface area contributed by atoms with Gasteiger partial charge < -0.3 is 4.52 Å². The fourth-order valence-corrected chi connectivity index (χ4v) is 3.37. The van der Waals surface area contributed by atoms with E-state index in [1.165, 1.54) is 10.4 Å². The summed E-state index contributed by atoms with van der Waals surface area (Å²) in [7, 11) is 2.04. The third-order valence-corrected chi connectivity index (χ3v) is 4.71. The molecule has 6 heteroatoms. The van der Waals surface area contributed by atoms with Crippen LogP contribution in [-0.4, -0.2) is 22.1 Å². The van der Waals surface area contributed by atoms with Gasteiger partial charge in [0.2, 0.25) is 11.7 Å². The van der Waals surface area contributed by atoms with E-state index in [-0.39, 0.29) is 0 Å². The Morgan fingerprint density at radius 1 is 1.23 bits per heavy atom. The average molecular weight is 334 g/mol. The predicted octanol–water partition coefficient (Wildman–Crippen LogP) is 4.39. The maximum absolute atomic E-state index is 6.16. The standard InChI is InChI=1S/C16H16ClN3OS/c1-11-7-8-22-14(11)9-20(2)10-15-18-16(19-21-15)12-5-3-4-6-13(12)17/h3-8H,9-10H2,1-2H3. The first-order chi connectivity index (χ1) is 10.6. The Kier molecular flexibility index (Phi) is 4.57. The van der Waals surface area contributed by atoms with Gasteiger partial charge in [0.15, 0.2) is 0 Å². The molecule has 2 aromatic heterocycles. The van der Waals surface area contributed by atoms with Crippen LogP contribution in [0.1, 0.15) is 16.3 Å². The van der Waals surface area contributed by atoms with E-state index < -0.39 is 0 Å². The highest BCUT2D eigenvalue weighted by Gasteiger charge is 2.13. The molecule has 114 valence electrons. The molecule has 0 unspecified atom stereocenters. The van der Waals surface area contributed by atoms with Crippen molar-refractivity contribution in [3.63, 3.8) is 0 Å². The highest BCUT2D eigenvalue weighted by molar-refractivity contribution is 7.10. The normalized spacial score (nSPS) is 11.3. The van der Waals surface area contributed by atoms with E-state index in [9.17, 15) is 0 Å². The van der Waals surface area contributed by atoms with Gasteiger partial charge in [0.1, 0.15) is 0 Å².